The molecule has 2 N–H and O–H groups in total. The highest BCUT2D eigenvalue weighted by atomic mass is 15.2. The first-order valence-corrected chi connectivity index (χ1v) is 5.11. The lowest BCUT2D eigenvalue weighted by molar-refractivity contribution is 0.109. The lowest BCUT2D eigenvalue weighted by Gasteiger charge is -2.38. The number of piperidine rings is 1. The molecule has 3 atom stereocenters. The highest BCUT2D eigenvalue weighted by Crippen LogP contribution is 2.22. The van der Waals surface area contributed by atoms with E-state index in [-0.39, 0.29) is 0 Å². The molecule has 0 bridgehead atoms. The largest absolute Gasteiger partial charge is 0.327 e. The Kier molecular flexibility index (Phi) is 3.53. The third kappa shape index (κ3) is 2.46. The van der Waals surface area contributed by atoms with Crippen LogP contribution in [0.25, 0.3) is 0 Å². The molecule has 1 heterocycles. The predicted octanol–water partition coefficient (Wildman–Crippen LogP) is 1.45. The van der Waals surface area contributed by atoms with Crippen molar-refractivity contribution in [2.24, 2.45) is 11.7 Å². The van der Waals surface area contributed by atoms with Gasteiger partial charge in [-0.2, -0.15) is 0 Å². The van der Waals surface area contributed by atoms with Crippen LogP contribution in [0.4, 0.5) is 0 Å². The maximum atomic E-state index is 5.79. The van der Waals surface area contributed by atoms with Gasteiger partial charge in [-0.25, -0.2) is 0 Å². The molecule has 0 aromatic heterocycles. The average molecular weight is 170 g/mol. The second-order valence-corrected chi connectivity index (χ2v) is 4.33. The fourth-order valence-electron chi connectivity index (χ4n) is 2.05. The monoisotopic (exact) mass is 170 g/mol. The van der Waals surface area contributed by atoms with E-state index >= 15 is 0 Å². The molecule has 0 amide bonds. The van der Waals surface area contributed by atoms with Crippen LogP contribution < -0.4 is 5.73 Å². The SMILES string of the molecule is CC1CCCN(C[C@H](C)N)C1C. The summed E-state index contributed by atoms with van der Waals surface area (Å²) >= 11 is 0. The van der Waals surface area contributed by atoms with Crippen molar-refractivity contribution in [2.45, 2.75) is 45.7 Å². The summed E-state index contributed by atoms with van der Waals surface area (Å²) in [6, 6.07) is 1.04. The van der Waals surface area contributed by atoms with Crippen LogP contribution in [0.3, 0.4) is 0 Å². The van der Waals surface area contributed by atoms with Crippen LogP contribution in [-0.4, -0.2) is 30.1 Å². The zero-order chi connectivity index (χ0) is 9.14. The van der Waals surface area contributed by atoms with E-state index in [1.807, 2.05) is 0 Å². The predicted molar refractivity (Wildman–Crippen MR) is 53.1 cm³/mol. The van der Waals surface area contributed by atoms with E-state index in [0.717, 1.165) is 18.5 Å². The van der Waals surface area contributed by atoms with Gasteiger partial charge >= 0.3 is 0 Å². The Bertz CT molecular complexity index is 134. The Morgan fingerprint density at radius 2 is 2.17 bits per heavy atom. The molecule has 2 unspecified atom stereocenters. The van der Waals surface area contributed by atoms with Gasteiger partial charge < -0.3 is 5.73 Å². The second kappa shape index (κ2) is 4.24. The maximum Gasteiger partial charge on any atom is 0.0139 e. The van der Waals surface area contributed by atoms with E-state index in [9.17, 15) is 0 Å². The van der Waals surface area contributed by atoms with Gasteiger partial charge in [0.05, 0.1) is 0 Å². The minimum absolute atomic E-state index is 0.317. The Morgan fingerprint density at radius 1 is 1.50 bits per heavy atom. The van der Waals surface area contributed by atoms with Gasteiger partial charge in [0, 0.05) is 18.6 Å². The molecule has 72 valence electrons. The summed E-state index contributed by atoms with van der Waals surface area (Å²) in [6.45, 7) is 9.06. The number of nitrogens with two attached hydrogens (primary N) is 1. The van der Waals surface area contributed by atoms with Crippen LogP contribution in [0.15, 0.2) is 0 Å². The van der Waals surface area contributed by atoms with E-state index in [2.05, 4.69) is 25.7 Å². The highest BCUT2D eigenvalue weighted by molar-refractivity contribution is 4.79. The van der Waals surface area contributed by atoms with Crippen LogP contribution in [0.1, 0.15) is 33.6 Å². The van der Waals surface area contributed by atoms with Gasteiger partial charge in [-0.1, -0.05) is 6.92 Å². The molecule has 0 radical (unpaired) electrons. The summed E-state index contributed by atoms with van der Waals surface area (Å²) in [4.78, 5) is 2.53. The zero-order valence-corrected chi connectivity index (χ0v) is 8.59. The van der Waals surface area contributed by atoms with E-state index in [1.54, 1.807) is 0 Å². The standard InChI is InChI=1S/C10H22N2/c1-8-5-4-6-12(10(8)3)7-9(2)11/h8-10H,4-7,11H2,1-3H3/t8?,9-,10?/m0/s1. The van der Waals surface area contributed by atoms with Crippen molar-refractivity contribution in [1.82, 2.24) is 4.90 Å². The van der Waals surface area contributed by atoms with Crippen molar-refractivity contribution in [3.05, 3.63) is 0 Å². The highest BCUT2D eigenvalue weighted by Gasteiger charge is 2.24. The van der Waals surface area contributed by atoms with Gasteiger partial charge in [0.15, 0.2) is 0 Å². The summed E-state index contributed by atoms with van der Waals surface area (Å²) < 4.78 is 0. The van der Waals surface area contributed by atoms with Gasteiger partial charge in [0.25, 0.3) is 0 Å². The third-order valence-electron chi connectivity index (χ3n) is 3.03. The first-order valence-electron chi connectivity index (χ1n) is 5.11. The summed E-state index contributed by atoms with van der Waals surface area (Å²) in [7, 11) is 0. The van der Waals surface area contributed by atoms with Crippen LogP contribution in [0.2, 0.25) is 0 Å². The summed E-state index contributed by atoms with van der Waals surface area (Å²) in [5.74, 6) is 0.845. The van der Waals surface area contributed by atoms with E-state index in [1.165, 1.54) is 19.4 Å². The van der Waals surface area contributed by atoms with E-state index in [4.69, 9.17) is 5.73 Å². The molecule has 1 fully saturated rings. The van der Waals surface area contributed by atoms with Crippen molar-refractivity contribution in [1.29, 1.82) is 0 Å². The first-order chi connectivity index (χ1) is 5.61. The molecule has 1 saturated heterocycles. The maximum absolute atomic E-state index is 5.79. The van der Waals surface area contributed by atoms with Crippen molar-refractivity contribution in [2.75, 3.05) is 13.1 Å². The normalized spacial score (nSPS) is 35.0. The number of likely N-dealkylation sites (tertiary alicyclic amines) is 1. The van der Waals surface area contributed by atoms with Crippen molar-refractivity contribution >= 4 is 0 Å². The summed E-state index contributed by atoms with van der Waals surface area (Å²) in [5, 5.41) is 0. The molecule has 0 spiro atoms. The van der Waals surface area contributed by atoms with Crippen molar-refractivity contribution in [3.63, 3.8) is 0 Å². The van der Waals surface area contributed by atoms with Crippen LogP contribution in [0.5, 0.6) is 0 Å². The van der Waals surface area contributed by atoms with Gasteiger partial charge in [-0.15, -0.1) is 0 Å². The smallest absolute Gasteiger partial charge is 0.0139 e. The first kappa shape index (κ1) is 10.0. The molecule has 1 aliphatic heterocycles. The van der Waals surface area contributed by atoms with Crippen molar-refractivity contribution < 1.29 is 0 Å². The second-order valence-electron chi connectivity index (χ2n) is 4.33. The minimum atomic E-state index is 0.317. The fourth-order valence-corrected chi connectivity index (χ4v) is 2.05. The van der Waals surface area contributed by atoms with Crippen LogP contribution in [-0.2, 0) is 0 Å². The zero-order valence-electron chi connectivity index (χ0n) is 8.59. The molecule has 0 saturated carbocycles. The van der Waals surface area contributed by atoms with Crippen molar-refractivity contribution in [3.8, 4) is 0 Å². The molecule has 2 nitrogen and oxygen atoms in total. The van der Waals surface area contributed by atoms with Gasteiger partial charge in [-0.3, -0.25) is 4.90 Å². The lowest BCUT2D eigenvalue weighted by Crippen LogP contribution is -2.47. The van der Waals surface area contributed by atoms with Crippen LogP contribution >= 0.6 is 0 Å². The Hall–Kier alpha value is -0.0800. The van der Waals surface area contributed by atoms with Crippen LogP contribution in [0, 0.1) is 5.92 Å². The molecule has 12 heavy (non-hydrogen) atoms. The topological polar surface area (TPSA) is 29.3 Å². The third-order valence-corrected chi connectivity index (χ3v) is 3.03. The molecule has 0 aliphatic carbocycles. The van der Waals surface area contributed by atoms with Gasteiger partial charge in [0.2, 0.25) is 0 Å². The average Bonchev–Trinajstić information content (AvgIpc) is 1.98. The van der Waals surface area contributed by atoms with Gasteiger partial charge in [-0.05, 0) is 39.2 Å². The lowest BCUT2D eigenvalue weighted by atomic mass is 9.92. The summed E-state index contributed by atoms with van der Waals surface area (Å²) in [5.41, 5.74) is 5.79. The molecular formula is C10H22N2. The Morgan fingerprint density at radius 3 is 2.75 bits per heavy atom. The van der Waals surface area contributed by atoms with E-state index in [0.29, 0.717) is 6.04 Å². The molecule has 0 aromatic rings. The van der Waals surface area contributed by atoms with Gasteiger partial charge in [0.1, 0.15) is 0 Å². The Balaban J connectivity index is 2.41. The molecule has 0 aromatic carbocycles. The molecule has 2 heteroatoms. The molecule has 1 rings (SSSR count). The summed E-state index contributed by atoms with van der Waals surface area (Å²) in [6.07, 6.45) is 2.73. The quantitative estimate of drug-likeness (QED) is 0.679. The number of nitrogens with zero attached hydrogens (tertiary/aromatic N) is 1. The number of hydrogen-bond acceptors (Lipinski definition) is 2. The Labute approximate surface area is 76.1 Å². The molecule has 1 aliphatic rings. The number of rotatable bonds is 2. The number of hydrogen-bond donors (Lipinski definition) is 1. The molecular weight excluding hydrogens is 148 g/mol. The minimum Gasteiger partial charge on any atom is -0.327 e. The fraction of sp³-hybridized carbons (Fsp3) is 1.00. The van der Waals surface area contributed by atoms with E-state index < -0.39 is 0 Å².